The number of thiophene rings is 1. The summed E-state index contributed by atoms with van der Waals surface area (Å²) in [6.07, 6.45) is 0. The van der Waals surface area contributed by atoms with E-state index in [9.17, 15) is 4.79 Å². The van der Waals surface area contributed by atoms with Gasteiger partial charge in [-0.2, -0.15) is 0 Å². The molecule has 2 aromatic rings. The highest BCUT2D eigenvalue weighted by Crippen LogP contribution is 2.27. The van der Waals surface area contributed by atoms with Gasteiger partial charge in [0.15, 0.2) is 0 Å². The van der Waals surface area contributed by atoms with Crippen molar-refractivity contribution in [3.05, 3.63) is 45.6 Å². The predicted octanol–water partition coefficient (Wildman–Crippen LogP) is 3.66. The molecular weight excluding hydrogens is 258 g/mol. The fourth-order valence-corrected chi connectivity index (χ4v) is 2.15. The first-order valence-electron chi connectivity index (χ1n) is 4.89. The van der Waals surface area contributed by atoms with Gasteiger partial charge in [-0.15, -0.1) is 11.3 Å². The number of benzene rings is 1. The number of nitrogens with one attached hydrogen (secondary N) is 1. The fourth-order valence-electron chi connectivity index (χ4n) is 1.34. The maximum absolute atomic E-state index is 11.8. The topological polar surface area (TPSA) is 38.3 Å². The second-order valence-corrected chi connectivity index (χ2v) is 4.64. The van der Waals surface area contributed by atoms with Crippen LogP contribution in [0.2, 0.25) is 5.02 Å². The molecule has 0 atom stereocenters. The van der Waals surface area contributed by atoms with Crippen molar-refractivity contribution in [3.8, 4) is 5.75 Å². The van der Waals surface area contributed by atoms with Crippen molar-refractivity contribution in [2.75, 3.05) is 12.4 Å². The van der Waals surface area contributed by atoms with E-state index in [0.29, 0.717) is 21.3 Å². The van der Waals surface area contributed by atoms with E-state index in [1.165, 1.54) is 18.4 Å². The lowest BCUT2D eigenvalue weighted by molar-refractivity contribution is 0.103. The lowest BCUT2D eigenvalue weighted by Crippen LogP contribution is -2.09. The number of methoxy groups -OCH3 is 1. The Morgan fingerprint density at radius 3 is 2.88 bits per heavy atom. The van der Waals surface area contributed by atoms with E-state index in [2.05, 4.69) is 5.32 Å². The largest absolute Gasteiger partial charge is 0.495 e. The maximum atomic E-state index is 11.8. The molecule has 0 spiro atoms. The van der Waals surface area contributed by atoms with E-state index in [1.54, 1.807) is 24.3 Å². The molecule has 0 unspecified atom stereocenters. The molecule has 5 heteroatoms. The molecule has 1 aromatic heterocycles. The highest BCUT2D eigenvalue weighted by molar-refractivity contribution is 7.12. The van der Waals surface area contributed by atoms with E-state index in [4.69, 9.17) is 16.3 Å². The van der Waals surface area contributed by atoms with Gasteiger partial charge in [0.05, 0.1) is 17.0 Å². The van der Waals surface area contributed by atoms with Gasteiger partial charge in [0, 0.05) is 11.8 Å². The number of hydrogen-bond acceptors (Lipinski definition) is 3. The number of anilines is 1. The van der Waals surface area contributed by atoms with Gasteiger partial charge in [0.1, 0.15) is 5.75 Å². The zero-order chi connectivity index (χ0) is 12.3. The SMILES string of the molecule is COc1cc(NC(=O)c2cccs2)ccc1Cl. The van der Waals surface area contributed by atoms with Crippen LogP contribution >= 0.6 is 22.9 Å². The molecular formula is C12H10ClNO2S. The van der Waals surface area contributed by atoms with Gasteiger partial charge in [-0.3, -0.25) is 4.79 Å². The van der Waals surface area contributed by atoms with Gasteiger partial charge in [-0.05, 0) is 23.6 Å². The molecule has 0 saturated heterocycles. The third kappa shape index (κ3) is 2.78. The van der Waals surface area contributed by atoms with Gasteiger partial charge in [-0.1, -0.05) is 17.7 Å². The van der Waals surface area contributed by atoms with Crippen molar-refractivity contribution in [1.29, 1.82) is 0 Å². The van der Waals surface area contributed by atoms with E-state index < -0.39 is 0 Å². The smallest absolute Gasteiger partial charge is 0.265 e. The van der Waals surface area contributed by atoms with Crippen molar-refractivity contribution in [2.24, 2.45) is 0 Å². The van der Waals surface area contributed by atoms with Gasteiger partial charge in [-0.25, -0.2) is 0 Å². The predicted molar refractivity (Wildman–Crippen MR) is 70.3 cm³/mol. The number of carbonyl (C=O) groups is 1. The van der Waals surface area contributed by atoms with Crippen LogP contribution in [0, 0.1) is 0 Å². The molecule has 0 saturated carbocycles. The molecule has 1 N–H and O–H groups in total. The van der Waals surface area contributed by atoms with E-state index in [-0.39, 0.29) is 5.91 Å². The molecule has 0 aliphatic rings. The van der Waals surface area contributed by atoms with Gasteiger partial charge >= 0.3 is 0 Å². The standard InChI is InChI=1S/C12H10ClNO2S/c1-16-10-7-8(4-5-9(10)13)14-12(15)11-3-2-6-17-11/h2-7H,1H3,(H,14,15). The zero-order valence-corrected chi connectivity index (χ0v) is 10.6. The third-order valence-electron chi connectivity index (χ3n) is 2.15. The van der Waals surface area contributed by atoms with Crippen LogP contribution in [-0.4, -0.2) is 13.0 Å². The lowest BCUT2D eigenvalue weighted by atomic mass is 10.3. The Labute approximate surface area is 108 Å². The second kappa shape index (κ2) is 5.21. The van der Waals surface area contributed by atoms with Crippen LogP contribution in [0.15, 0.2) is 35.7 Å². The second-order valence-electron chi connectivity index (χ2n) is 3.28. The van der Waals surface area contributed by atoms with Gasteiger partial charge in [0.2, 0.25) is 0 Å². The number of halogens is 1. The summed E-state index contributed by atoms with van der Waals surface area (Å²) in [4.78, 5) is 12.5. The van der Waals surface area contributed by atoms with Crippen LogP contribution in [0.4, 0.5) is 5.69 Å². The molecule has 2 rings (SSSR count). The molecule has 0 aliphatic heterocycles. The molecule has 17 heavy (non-hydrogen) atoms. The monoisotopic (exact) mass is 267 g/mol. The molecule has 0 fully saturated rings. The summed E-state index contributed by atoms with van der Waals surface area (Å²) in [5.74, 6) is 0.403. The lowest BCUT2D eigenvalue weighted by Gasteiger charge is -2.07. The molecule has 1 aromatic carbocycles. The van der Waals surface area contributed by atoms with Crippen molar-refractivity contribution in [2.45, 2.75) is 0 Å². The zero-order valence-electron chi connectivity index (χ0n) is 9.07. The Morgan fingerprint density at radius 2 is 2.24 bits per heavy atom. The average molecular weight is 268 g/mol. The molecule has 0 radical (unpaired) electrons. The van der Waals surface area contributed by atoms with Gasteiger partial charge < -0.3 is 10.1 Å². The van der Waals surface area contributed by atoms with E-state index >= 15 is 0 Å². The Hall–Kier alpha value is -1.52. The van der Waals surface area contributed by atoms with Crippen LogP contribution in [0.1, 0.15) is 9.67 Å². The number of amides is 1. The fraction of sp³-hybridized carbons (Fsp3) is 0.0833. The summed E-state index contributed by atoms with van der Waals surface area (Å²) in [5.41, 5.74) is 0.657. The number of hydrogen-bond donors (Lipinski definition) is 1. The molecule has 88 valence electrons. The number of ether oxygens (including phenoxy) is 1. The van der Waals surface area contributed by atoms with Crippen LogP contribution in [-0.2, 0) is 0 Å². The van der Waals surface area contributed by atoms with Crippen LogP contribution in [0.3, 0.4) is 0 Å². The first-order valence-corrected chi connectivity index (χ1v) is 6.15. The maximum Gasteiger partial charge on any atom is 0.265 e. The summed E-state index contributed by atoms with van der Waals surface area (Å²) in [6, 6.07) is 8.71. The summed E-state index contributed by atoms with van der Waals surface area (Å²) in [7, 11) is 1.53. The molecule has 1 heterocycles. The summed E-state index contributed by atoms with van der Waals surface area (Å²) in [6.45, 7) is 0. The van der Waals surface area contributed by atoms with Crippen LogP contribution in [0.5, 0.6) is 5.75 Å². The van der Waals surface area contributed by atoms with E-state index in [1.807, 2.05) is 11.4 Å². The van der Waals surface area contributed by atoms with Crippen molar-refractivity contribution < 1.29 is 9.53 Å². The minimum Gasteiger partial charge on any atom is -0.495 e. The van der Waals surface area contributed by atoms with Gasteiger partial charge in [0.25, 0.3) is 5.91 Å². The average Bonchev–Trinajstić information content (AvgIpc) is 2.85. The Morgan fingerprint density at radius 1 is 1.41 bits per heavy atom. The minimum atomic E-state index is -0.135. The van der Waals surface area contributed by atoms with Crippen LogP contribution in [0.25, 0.3) is 0 Å². The summed E-state index contributed by atoms with van der Waals surface area (Å²) >= 11 is 7.29. The van der Waals surface area contributed by atoms with Crippen molar-refractivity contribution >= 4 is 34.5 Å². The highest BCUT2D eigenvalue weighted by atomic mass is 35.5. The van der Waals surface area contributed by atoms with Crippen molar-refractivity contribution in [1.82, 2.24) is 0 Å². The third-order valence-corrected chi connectivity index (χ3v) is 3.33. The van der Waals surface area contributed by atoms with E-state index in [0.717, 1.165) is 0 Å². The molecule has 1 amide bonds. The Kier molecular flexibility index (Phi) is 3.66. The quantitative estimate of drug-likeness (QED) is 0.922. The number of carbonyl (C=O) groups excluding carboxylic acids is 1. The van der Waals surface area contributed by atoms with Crippen molar-refractivity contribution in [3.63, 3.8) is 0 Å². The molecule has 0 aliphatic carbocycles. The van der Waals surface area contributed by atoms with Crippen LogP contribution < -0.4 is 10.1 Å². The Bertz CT molecular complexity index is 525. The number of rotatable bonds is 3. The molecule has 0 bridgehead atoms. The first-order chi connectivity index (χ1) is 8.20. The molecule has 3 nitrogen and oxygen atoms in total. The first kappa shape index (κ1) is 12.0. The normalized spacial score (nSPS) is 10.0. The Balaban J connectivity index is 2.16. The summed E-state index contributed by atoms with van der Waals surface area (Å²) < 4.78 is 5.08. The highest BCUT2D eigenvalue weighted by Gasteiger charge is 2.08. The summed E-state index contributed by atoms with van der Waals surface area (Å²) in [5, 5.41) is 5.15. The minimum absolute atomic E-state index is 0.135.